The Hall–Kier alpha value is -1.48. The third kappa shape index (κ3) is 4.20. The first kappa shape index (κ1) is 18.3. The van der Waals surface area contributed by atoms with Crippen molar-refractivity contribution in [2.45, 2.75) is 30.7 Å². The number of carbonyl (C=O) groups is 1. The Morgan fingerprint density at radius 1 is 1.20 bits per heavy atom. The number of amides is 1. The highest BCUT2D eigenvalue weighted by Gasteiger charge is 2.35. The maximum atomic E-state index is 12.9. The summed E-state index contributed by atoms with van der Waals surface area (Å²) in [6.07, 6.45) is 1.27. The van der Waals surface area contributed by atoms with E-state index < -0.39 is 10.0 Å². The quantitative estimate of drug-likeness (QED) is 0.802. The summed E-state index contributed by atoms with van der Waals surface area (Å²) in [6.45, 7) is 6.77. The van der Waals surface area contributed by atoms with Crippen LogP contribution < -0.4 is 10.6 Å². The van der Waals surface area contributed by atoms with Gasteiger partial charge in [-0.15, -0.1) is 0 Å². The van der Waals surface area contributed by atoms with Gasteiger partial charge in [0.2, 0.25) is 15.9 Å². The number of anilines is 1. The van der Waals surface area contributed by atoms with E-state index in [4.69, 9.17) is 0 Å². The summed E-state index contributed by atoms with van der Waals surface area (Å²) >= 11 is 0. The summed E-state index contributed by atoms with van der Waals surface area (Å²) in [6, 6.07) is 6.73. The summed E-state index contributed by atoms with van der Waals surface area (Å²) in [5, 5.41) is 6.05. The van der Waals surface area contributed by atoms with Gasteiger partial charge in [0, 0.05) is 57.4 Å². The van der Waals surface area contributed by atoms with E-state index in [0.717, 1.165) is 32.6 Å². The number of sulfonamides is 1. The molecule has 138 valence electrons. The van der Waals surface area contributed by atoms with Crippen molar-refractivity contribution in [3.63, 3.8) is 0 Å². The first-order chi connectivity index (χ1) is 12.0. The maximum Gasteiger partial charge on any atom is 0.243 e. The minimum Gasteiger partial charge on any atom is -0.326 e. The Kier molecular flexibility index (Phi) is 5.73. The van der Waals surface area contributed by atoms with Gasteiger partial charge in [0.15, 0.2) is 0 Å². The van der Waals surface area contributed by atoms with Crippen LogP contribution in [0.1, 0.15) is 19.8 Å². The monoisotopic (exact) mass is 366 g/mol. The Bertz CT molecular complexity index is 699. The lowest BCUT2D eigenvalue weighted by Crippen LogP contribution is -2.49. The molecule has 2 heterocycles. The minimum atomic E-state index is -3.48. The van der Waals surface area contributed by atoms with Gasteiger partial charge in [0.1, 0.15) is 0 Å². The molecule has 2 saturated heterocycles. The largest absolute Gasteiger partial charge is 0.326 e. The number of carbonyl (C=O) groups excluding carboxylic acids is 1. The van der Waals surface area contributed by atoms with Crippen molar-refractivity contribution in [1.29, 1.82) is 0 Å². The van der Waals surface area contributed by atoms with E-state index in [1.54, 1.807) is 35.5 Å². The molecule has 7 nitrogen and oxygen atoms in total. The molecule has 8 heteroatoms. The predicted octanol–water partition coefficient (Wildman–Crippen LogP) is 0.703. The van der Waals surface area contributed by atoms with Gasteiger partial charge in [-0.25, -0.2) is 8.42 Å². The Labute approximate surface area is 149 Å². The Balaban J connectivity index is 1.66. The van der Waals surface area contributed by atoms with Crippen LogP contribution in [0.15, 0.2) is 29.2 Å². The number of benzene rings is 1. The average Bonchev–Trinajstić information content (AvgIpc) is 3.14. The number of hydrogen-bond donors (Lipinski definition) is 2. The lowest BCUT2D eigenvalue weighted by Gasteiger charge is -2.32. The van der Waals surface area contributed by atoms with Gasteiger partial charge in [-0.05, 0) is 30.7 Å². The Morgan fingerprint density at radius 2 is 1.88 bits per heavy atom. The molecular formula is C17H26N4O3S. The lowest BCUT2D eigenvalue weighted by atomic mass is 10.2. The lowest BCUT2D eigenvalue weighted by molar-refractivity contribution is -0.115. The van der Waals surface area contributed by atoms with Crippen LogP contribution in [0.25, 0.3) is 0 Å². The molecule has 1 atom stereocenters. The van der Waals surface area contributed by atoms with E-state index in [0.29, 0.717) is 31.2 Å². The summed E-state index contributed by atoms with van der Waals surface area (Å²) in [5.41, 5.74) is 0.617. The Morgan fingerprint density at radius 3 is 2.52 bits per heavy atom. The molecule has 3 rings (SSSR count). The molecule has 0 aliphatic carbocycles. The second-order valence-electron chi connectivity index (χ2n) is 6.52. The van der Waals surface area contributed by atoms with Crippen molar-refractivity contribution < 1.29 is 13.2 Å². The second kappa shape index (κ2) is 7.82. The first-order valence-corrected chi connectivity index (χ1v) is 10.3. The van der Waals surface area contributed by atoms with Crippen LogP contribution in [0.2, 0.25) is 0 Å². The van der Waals surface area contributed by atoms with E-state index in [1.807, 2.05) is 0 Å². The zero-order valence-corrected chi connectivity index (χ0v) is 15.4. The number of rotatable bonds is 5. The zero-order valence-electron chi connectivity index (χ0n) is 14.6. The van der Waals surface area contributed by atoms with Crippen molar-refractivity contribution in [3.8, 4) is 0 Å². The van der Waals surface area contributed by atoms with E-state index in [-0.39, 0.29) is 10.8 Å². The molecule has 0 saturated carbocycles. The molecule has 2 aliphatic heterocycles. The number of nitrogens with one attached hydrogen (secondary N) is 2. The van der Waals surface area contributed by atoms with Crippen molar-refractivity contribution in [3.05, 3.63) is 24.3 Å². The van der Waals surface area contributed by atoms with Crippen molar-refractivity contribution in [2.75, 3.05) is 44.6 Å². The van der Waals surface area contributed by atoms with Gasteiger partial charge in [-0.1, -0.05) is 6.92 Å². The van der Waals surface area contributed by atoms with Gasteiger partial charge in [0.05, 0.1) is 4.90 Å². The van der Waals surface area contributed by atoms with E-state index >= 15 is 0 Å². The second-order valence-corrected chi connectivity index (χ2v) is 8.46. The molecule has 25 heavy (non-hydrogen) atoms. The maximum absolute atomic E-state index is 12.9. The number of hydrogen-bond acceptors (Lipinski definition) is 5. The SMILES string of the molecule is CCC(=O)Nc1ccc(S(=O)(=O)N2CCC(N3CCNCC3)C2)cc1. The van der Waals surface area contributed by atoms with Crippen LogP contribution in [0, 0.1) is 0 Å². The molecule has 1 aromatic rings. The van der Waals surface area contributed by atoms with Gasteiger partial charge < -0.3 is 10.6 Å². The van der Waals surface area contributed by atoms with Crippen LogP contribution in [0.4, 0.5) is 5.69 Å². The zero-order chi connectivity index (χ0) is 17.9. The summed E-state index contributed by atoms with van der Waals surface area (Å²) in [4.78, 5) is 14.1. The van der Waals surface area contributed by atoms with E-state index in [9.17, 15) is 13.2 Å². The van der Waals surface area contributed by atoms with Crippen LogP contribution in [0.3, 0.4) is 0 Å². The fourth-order valence-corrected chi connectivity index (χ4v) is 4.88. The molecule has 0 radical (unpaired) electrons. The van der Waals surface area contributed by atoms with Gasteiger partial charge in [-0.3, -0.25) is 9.69 Å². The molecule has 1 amide bonds. The minimum absolute atomic E-state index is 0.0889. The molecule has 0 spiro atoms. The third-order valence-corrected chi connectivity index (χ3v) is 6.77. The molecule has 2 fully saturated rings. The summed E-state index contributed by atoms with van der Waals surface area (Å²) in [5.74, 6) is -0.0889. The van der Waals surface area contributed by atoms with Crippen molar-refractivity contribution in [1.82, 2.24) is 14.5 Å². The normalized spacial score (nSPS) is 22.8. The highest BCUT2D eigenvalue weighted by Crippen LogP contribution is 2.25. The number of nitrogens with zero attached hydrogens (tertiary/aromatic N) is 2. The van der Waals surface area contributed by atoms with Gasteiger partial charge in [0.25, 0.3) is 0 Å². The number of piperazine rings is 1. The van der Waals surface area contributed by atoms with Crippen LogP contribution >= 0.6 is 0 Å². The first-order valence-electron chi connectivity index (χ1n) is 8.85. The third-order valence-electron chi connectivity index (χ3n) is 4.89. The smallest absolute Gasteiger partial charge is 0.243 e. The van der Waals surface area contributed by atoms with Crippen LogP contribution in [-0.2, 0) is 14.8 Å². The topological polar surface area (TPSA) is 81.8 Å². The molecule has 1 unspecified atom stereocenters. The van der Waals surface area contributed by atoms with Crippen LogP contribution in [0.5, 0.6) is 0 Å². The van der Waals surface area contributed by atoms with Crippen molar-refractivity contribution >= 4 is 21.6 Å². The standard InChI is InChI=1S/C17H26N4O3S/c1-2-17(22)19-14-3-5-16(6-4-14)25(23,24)21-10-7-15(13-21)20-11-8-18-9-12-20/h3-6,15,18H,2,7-13H2,1H3,(H,19,22). The molecule has 2 N–H and O–H groups in total. The van der Waals surface area contributed by atoms with Crippen LogP contribution in [-0.4, -0.2) is 68.8 Å². The van der Waals surface area contributed by atoms with E-state index in [2.05, 4.69) is 15.5 Å². The fraction of sp³-hybridized carbons (Fsp3) is 0.588. The van der Waals surface area contributed by atoms with Crippen molar-refractivity contribution in [2.24, 2.45) is 0 Å². The molecule has 0 aromatic heterocycles. The molecule has 0 bridgehead atoms. The van der Waals surface area contributed by atoms with Gasteiger partial charge >= 0.3 is 0 Å². The average molecular weight is 366 g/mol. The predicted molar refractivity (Wildman–Crippen MR) is 97.0 cm³/mol. The fourth-order valence-electron chi connectivity index (χ4n) is 3.38. The van der Waals surface area contributed by atoms with Gasteiger partial charge in [-0.2, -0.15) is 4.31 Å². The molecular weight excluding hydrogens is 340 g/mol. The summed E-state index contributed by atoms with van der Waals surface area (Å²) in [7, 11) is -3.48. The molecule has 1 aromatic carbocycles. The summed E-state index contributed by atoms with van der Waals surface area (Å²) < 4.78 is 27.3. The van der Waals surface area contributed by atoms with E-state index in [1.165, 1.54) is 0 Å². The highest BCUT2D eigenvalue weighted by molar-refractivity contribution is 7.89. The molecule has 2 aliphatic rings. The highest BCUT2D eigenvalue weighted by atomic mass is 32.2.